The van der Waals surface area contributed by atoms with E-state index in [1.54, 1.807) is 6.08 Å². The second kappa shape index (κ2) is 34.5. The second-order valence-electron chi connectivity index (χ2n) is 14.4. The lowest BCUT2D eigenvalue weighted by molar-refractivity contribution is -0.130. The van der Waals surface area contributed by atoms with Crippen LogP contribution in [0.25, 0.3) is 0 Å². The fourth-order valence-electron chi connectivity index (χ4n) is 6.40. The molecular formula is C40H79NO6S. The summed E-state index contributed by atoms with van der Waals surface area (Å²) in [4.78, 5) is 12.6. The van der Waals surface area contributed by atoms with E-state index < -0.39 is 40.0 Å². The average Bonchev–Trinajstić information content (AvgIpc) is 3.05. The van der Waals surface area contributed by atoms with E-state index in [0.29, 0.717) is 6.42 Å². The number of unbranched alkanes of at least 4 members (excludes halogenated alkanes) is 28. The van der Waals surface area contributed by atoms with Crippen molar-refractivity contribution in [1.29, 1.82) is 0 Å². The van der Waals surface area contributed by atoms with Crippen molar-refractivity contribution in [2.24, 2.45) is 0 Å². The number of hydrogen-bond donors (Lipinski definition) is 4. The van der Waals surface area contributed by atoms with Gasteiger partial charge >= 0.3 is 0 Å². The van der Waals surface area contributed by atoms with Gasteiger partial charge in [-0.2, -0.15) is 8.42 Å². The van der Waals surface area contributed by atoms with Gasteiger partial charge in [0.05, 0.1) is 17.9 Å². The van der Waals surface area contributed by atoms with Gasteiger partial charge in [-0.1, -0.05) is 206 Å². The molecule has 0 spiro atoms. The number of carbonyl (C=O) groups excluding carboxylic acids is 1. The Morgan fingerprint density at radius 3 is 1.25 bits per heavy atom. The summed E-state index contributed by atoms with van der Waals surface area (Å²) in [6, 6.07) is -1.23. The molecule has 0 heterocycles. The van der Waals surface area contributed by atoms with Gasteiger partial charge in [-0.3, -0.25) is 9.35 Å². The average molecular weight is 702 g/mol. The minimum atomic E-state index is -4.43. The smallest absolute Gasteiger partial charge is 0.267 e. The number of aliphatic hydroxyl groups excluding tert-OH is 2. The highest BCUT2D eigenvalue weighted by Crippen LogP contribution is 2.16. The van der Waals surface area contributed by atoms with Crippen molar-refractivity contribution in [2.45, 2.75) is 231 Å². The molecule has 48 heavy (non-hydrogen) atoms. The predicted molar refractivity (Wildman–Crippen MR) is 204 cm³/mol. The lowest BCUT2D eigenvalue weighted by atomic mass is 10.0. The van der Waals surface area contributed by atoms with E-state index in [0.717, 1.165) is 38.5 Å². The van der Waals surface area contributed by atoms with Crippen molar-refractivity contribution in [3.63, 3.8) is 0 Å². The lowest BCUT2D eigenvalue weighted by Gasteiger charge is -2.22. The Hall–Kier alpha value is -0.960. The summed E-state index contributed by atoms with van der Waals surface area (Å²) in [6.45, 7) is 4.50. The molecule has 0 fully saturated rings. The highest BCUT2D eigenvalue weighted by Gasteiger charge is 2.27. The summed E-state index contributed by atoms with van der Waals surface area (Å²) >= 11 is 0. The molecule has 286 valence electrons. The summed E-state index contributed by atoms with van der Waals surface area (Å²) < 4.78 is 32.4. The van der Waals surface area contributed by atoms with Crippen LogP contribution in [0.15, 0.2) is 12.2 Å². The molecule has 3 atom stereocenters. The van der Waals surface area contributed by atoms with Gasteiger partial charge in [-0.15, -0.1) is 0 Å². The number of aliphatic hydroxyl groups is 2. The maximum Gasteiger partial charge on any atom is 0.267 e. The van der Waals surface area contributed by atoms with Gasteiger partial charge in [-0.05, 0) is 19.3 Å². The van der Waals surface area contributed by atoms with Crippen LogP contribution >= 0.6 is 0 Å². The summed E-state index contributed by atoms with van der Waals surface area (Å²) in [5, 5.41) is 23.4. The number of carbonyl (C=O) groups is 1. The fraction of sp³-hybridized carbons (Fsp3) is 0.925. The summed E-state index contributed by atoms with van der Waals surface area (Å²) in [5.74, 6) is -1.53. The molecule has 0 saturated carbocycles. The quantitative estimate of drug-likeness (QED) is 0.0290. The monoisotopic (exact) mass is 702 g/mol. The predicted octanol–water partition coefficient (Wildman–Crippen LogP) is 10.8. The van der Waals surface area contributed by atoms with Crippen LogP contribution in [0, 0.1) is 0 Å². The third-order valence-corrected chi connectivity index (χ3v) is 10.4. The maximum atomic E-state index is 12.6. The normalized spacial score (nSPS) is 14.0. The van der Waals surface area contributed by atoms with Crippen LogP contribution < -0.4 is 5.32 Å². The number of amides is 1. The van der Waals surface area contributed by atoms with E-state index in [4.69, 9.17) is 0 Å². The molecule has 4 N–H and O–H groups in total. The van der Waals surface area contributed by atoms with Crippen LogP contribution in [0.2, 0.25) is 0 Å². The molecule has 1 amide bonds. The second-order valence-corrected chi connectivity index (χ2v) is 15.9. The van der Waals surface area contributed by atoms with Crippen LogP contribution in [0.5, 0.6) is 0 Å². The molecule has 0 aromatic carbocycles. The summed E-state index contributed by atoms with van der Waals surface area (Å²) in [6.07, 6.45) is 38.4. The highest BCUT2D eigenvalue weighted by molar-refractivity contribution is 7.85. The van der Waals surface area contributed by atoms with Crippen molar-refractivity contribution in [2.75, 3.05) is 5.75 Å². The van der Waals surface area contributed by atoms with E-state index >= 15 is 0 Å². The molecule has 0 radical (unpaired) electrons. The van der Waals surface area contributed by atoms with Gasteiger partial charge in [0.15, 0.2) is 0 Å². The molecule has 0 aliphatic rings. The molecular weight excluding hydrogens is 623 g/mol. The number of nitrogens with one attached hydrogen (secondary N) is 1. The third kappa shape index (κ3) is 33.5. The lowest BCUT2D eigenvalue weighted by Crippen LogP contribution is -2.50. The Labute approximate surface area is 297 Å². The first-order valence-corrected chi connectivity index (χ1v) is 22.1. The van der Waals surface area contributed by atoms with E-state index in [1.165, 1.54) is 154 Å². The van der Waals surface area contributed by atoms with Gasteiger partial charge in [0, 0.05) is 0 Å². The number of allylic oxidation sites excluding steroid dienone is 1. The minimum absolute atomic E-state index is 0.286. The van der Waals surface area contributed by atoms with E-state index in [2.05, 4.69) is 19.2 Å². The maximum absolute atomic E-state index is 12.6. The van der Waals surface area contributed by atoms with Gasteiger partial charge in [0.1, 0.15) is 6.10 Å². The molecule has 0 bridgehead atoms. The van der Waals surface area contributed by atoms with Crippen molar-refractivity contribution in [1.82, 2.24) is 5.32 Å². The van der Waals surface area contributed by atoms with Gasteiger partial charge in [0.2, 0.25) is 5.91 Å². The van der Waals surface area contributed by atoms with E-state index in [9.17, 15) is 28.0 Å². The molecule has 0 aromatic heterocycles. The summed E-state index contributed by atoms with van der Waals surface area (Å²) in [7, 11) is -4.43. The standard InChI is InChI=1S/C40H79NO6S/c1-3-5-7-9-11-13-15-17-18-19-20-21-22-23-25-27-29-31-33-35-39(43)40(44)41-37(36-48(45,46)47)38(42)34-32-30-28-26-24-16-14-12-10-8-6-4-2/h32,34,37-39,42-43H,3-31,33,35-36H2,1-2H3,(H,41,44)(H,45,46,47)/b34-32+. The Balaban J connectivity index is 3.96. The van der Waals surface area contributed by atoms with E-state index in [1.807, 2.05) is 0 Å². The molecule has 3 unspecified atom stereocenters. The van der Waals surface area contributed by atoms with Crippen molar-refractivity contribution >= 4 is 16.0 Å². The Kier molecular flexibility index (Phi) is 33.8. The number of hydrogen-bond acceptors (Lipinski definition) is 5. The highest BCUT2D eigenvalue weighted by atomic mass is 32.2. The first kappa shape index (κ1) is 47.0. The fourth-order valence-corrected chi connectivity index (χ4v) is 7.13. The van der Waals surface area contributed by atoms with Gasteiger partial charge < -0.3 is 15.5 Å². The first-order valence-electron chi connectivity index (χ1n) is 20.5. The van der Waals surface area contributed by atoms with Crippen LogP contribution in [-0.2, 0) is 14.9 Å². The molecule has 0 aliphatic heterocycles. The summed E-state index contributed by atoms with van der Waals surface area (Å²) in [5.41, 5.74) is 0. The Morgan fingerprint density at radius 2 is 0.896 bits per heavy atom. The minimum Gasteiger partial charge on any atom is -0.387 e. The topological polar surface area (TPSA) is 124 Å². The Bertz CT molecular complexity index is 834. The number of rotatable bonds is 37. The van der Waals surface area contributed by atoms with Crippen molar-refractivity contribution < 1.29 is 28.0 Å². The molecule has 0 aliphatic carbocycles. The zero-order chi connectivity index (χ0) is 35.6. The molecule has 8 heteroatoms. The van der Waals surface area contributed by atoms with Gasteiger partial charge in [-0.25, -0.2) is 0 Å². The zero-order valence-electron chi connectivity index (χ0n) is 31.5. The van der Waals surface area contributed by atoms with Gasteiger partial charge in [0.25, 0.3) is 10.1 Å². The van der Waals surface area contributed by atoms with Crippen LogP contribution in [0.1, 0.15) is 213 Å². The Morgan fingerprint density at radius 1 is 0.562 bits per heavy atom. The first-order chi connectivity index (χ1) is 23.2. The molecule has 0 saturated heterocycles. The van der Waals surface area contributed by atoms with Crippen LogP contribution in [0.4, 0.5) is 0 Å². The van der Waals surface area contributed by atoms with Crippen molar-refractivity contribution in [3.05, 3.63) is 12.2 Å². The largest absolute Gasteiger partial charge is 0.387 e. The molecule has 7 nitrogen and oxygen atoms in total. The van der Waals surface area contributed by atoms with Crippen molar-refractivity contribution in [3.8, 4) is 0 Å². The van der Waals surface area contributed by atoms with Crippen LogP contribution in [-0.4, -0.2) is 53.1 Å². The zero-order valence-corrected chi connectivity index (χ0v) is 32.3. The third-order valence-electron chi connectivity index (χ3n) is 9.57. The van der Waals surface area contributed by atoms with E-state index in [-0.39, 0.29) is 6.42 Å². The molecule has 0 aromatic rings. The SMILES string of the molecule is CCCCCCCCCCCC/C=C/C(O)C(CS(=O)(=O)O)NC(=O)C(O)CCCCCCCCCCCCCCCCCCCCC. The molecule has 0 rings (SSSR count). The van der Waals surface area contributed by atoms with Crippen LogP contribution in [0.3, 0.4) is 0 Å².